The molecule has 9 heteroatoms. The molecular weight excluding hydrogens is 402 g/mol. The molecule has 0 atom stereocenters. The first kappa shape index (κ1) is 21.5. The van der Waals surface area contributed by atoms with Crippen LogP contribution in [0.1, 0.15) is 30.8 Å². The van der Waals surface area contributed by atoms with E-state index >= 15 is 0 Å². The van der Waals surface area contributed by atoms with Gasteiger partial charge in [0, 0.05) is 6.42 Å². The van der Waals surface area contributed by atoms with Crippen LogP contribution < -0.4 is 11.0 Å². The molecule has 5 nitrogen and oxygen atoms in total. The molecule has 1 aromatic heterocycles. The topological polar surface area (TPSA) is 64.0 Å². The monoisotopic (exact) mass is 421 g/mol. The Morgan fingerprint density at radius 2 is 1.87 bits per heavy atom. The lowest BCUT2D eigenvalue weighted by atomic mass is 10.1. The van der Waals surface area contributed by atoms with E-state index in [9.17, 15) is 27.2 Å². The van der Waals surface area contributed by atoms with Gasteiger partial charge in [0.1, 0.15) is 17.0 Å². The van der Waals surface area contributed by atoms with Crippen molar-refractivity contribution in [2.24, 2.45) is 5.92 Å². The van der Waals surface area contributed by atoms with Crippen LogP contribution in [0.4, 0.5) is 17.6 Å². The lowest BCUT2D eigenvalue weighted by Crippen LogP contribution is -2.37. The molecule has 0 radical (unpaired) electrons. The Labute approximate surface area is 169 Å². The predicted molar refractivity (Wildman–Crippen MR) is 104 cm³/mol. The molecule has 0 saturated carbocycles. The molecule has 2 aromatic carbocycles. The van der Waals surface area contributed by atoms with E-state index in [1.54, 1.807) is 0 Å². The van der Waals surface area contributed by atoms with Gasteiger partial charge in [-0.25, -0.2) is 14.1 Å². The van der Waals surface area contributed by atoms with Gasteiger partial charge >= 0.3 is 6.18 Å². The highest BCUT2D eigenvalue weighted by molar-refractivity contribution is 5.86. The van der Waals surface area contributed by atoms with Gasteiger partial charge in [-0.2, -0.15) is 13.2 Å². The normalized spacial score (nSPS) is 11.8. The Morgan fingerprint density at radius 1 is 1.17 bits per heavy atom. The number of fused-ring (bicyclic) bond motifs is 1. The van der Waals surface area contributed by atoms with Crippen molar-refractivity contribution in [2.45, 2.75) is 32.9 Å². The molecule has 0 fully saturated rings. The Kier molecular flexibility index (Phi) is 5.91. The van der Waals surface area contributed by atoms with Gasteiger partial charge in [-0.3, -0.25) is 15.0 Å². The van der Waals surface area contributed by atoms with Crippen molar-refractivity contribution in [1.29, 1.82) is 0 Å². The van der Waals surface area contributed by atoms with E-state index in [-0.39, 0.29) is 28.2 Å². The van der Waals surface area contributed by atoms with Crippen molar-refractivity contribution >= 4 is 16.8 Å². The van der Waals surface area contributed by atoms with Gasteiger partial charge in [0.05, 0.1) is 17.5 Å². The summed E-state index contributed by atoms with van der Waals surface area (Å²) in [6.07, 6.45) is -4.61. The van der Waals surface area contributed by atoms with Crippen molar-refractivity contribution in [3.63, 3.8) is 0 Å². The second-order valence-electron chi connectivity index (χ2n) is 7.31. The van der Waals surface area contributed by atoms with Crippen LogP contribution in [-0.4, -0.2) is 15.6 Å². The van der Waals surface area contributed by atoms with E-state index < -0.39 is 35.4 Å². The van der Waals surface area contributed by atoms with Crippen LogP contribution in [0.5, 0.6) is 0 Å². The number of carbonyl (C=O) groups is 1. The predicted octanol–water partition coefficient (Wildman–Crippen LogP) is 4.07. The number of aromatic nitrogens is 2. The van der Waals surface area contributed by atoms with Gasteiger partial charge in [-0.05, 0) is 29.7 Å². The van der Waals surface area contributed by atoms with Crippen LogP contribution in [0.3, 0.4) is 0 Å². The van der Waals surface area contributed by atoms with E-state index in [1.807, 2.05) is 13.8 Å². The minimum absolute atomic E-state index is 0.0783. The van der Waals surface area contributed by atoms with Crippen molar-refractivity contribution in [1.82, 2.24) is 9.66 Å². The van der Waals surface area contributed by atoms with E-state index in [4.69, 9.17) is 0 Å². The quantitative estimate of drug-likeness (QED) is 0.632. The fourth-order valence-electron chi connectivity index (χ4n) is 3.06. The number of amides is 1. The number of alkyl halides is 3. The van der Waals surface area contributed by atoms with E-state index in [0.29, 0.717) is 6.42 Å². The Hall–Kier alpha value is -3.23. The largest absolute Gasteiger partial charge is 0.416 e. The van der Waals surface area contributed by atoms with Gasteiger partial charge < -0.3 is 0 Å². The number of rotatable bonds is 5. The highest BCUT2D eigenvalue weighted by atomic mass is 19.4. The maximum absolute atomic E-state index is 14.2. The van der Waals surface area contributed by atoms with Gasteiger partial charge in [0.25, 0.3) is 5.56 Å². The SMILES string of the molecule is CC(C)Cc1nc2cccc(F)c2c(=O)n1NC(=O)Cc1cccc(C(F)(F)F)c1. The van der Waals surface area contributed by atoms with Crippen LogP contribution in [0.2, 0.25) is 0 Å². The number of hydrogen-bond acceptors (Lipinski definition) is 3. The molecule has 0 spiro atoms. The summed E-state index contributed by atoms with van der Waals surface area (Å²) in [7, 11) is 0. The molecule has 158 valence electrons. The molecule has 3 aromatic rings. The van der Waals surface area contributed by atoms with Crippen LogP contribution in [-0.2, 0) is 23.8 Å². The first-order valence-electron chi connectivity index (χ1n) is 9.22. The maximum atomic E-state index is 14.2. The summed E-state index contributed by atoms with van der Waals surface area (Å²) < 4.78 is 53.7. The summed E-state index contributed by atoms with van der Waals surface area (Å²) in [6.45, 7) is 3.77. The maximum Gasteiger partial charge on any atom is 0.416 e. The Morgan fingerprint density at radius 3 is 2.53 bits per heavy atom. The van der Waals surface area contributed by atoms with E-state index in [1.165, 1.54) is 24.3 Å². The van der Waals surface area contributed by atoms with Crippen LogP contribution in [0, 0.1) is 11.7 Å². The second-order valence-corrected chi connectivity index (χ2v) is 7.31. The number of nitrogens with one attached hydrogen (secondary N) is 1. The van der Waals surface area contributed by atoms with Crippen molar-refractivity contribution in [3.8, 4) is 0 Å². The summed E-state index contributed by atoms with van der Waals surface area (Å²) in [5, 5.41) is -0.274. The van der Waals surface area contributed by atoms with Gasteiger partial charge in [-0.15, -0.1) is 0 Å². The molecule has 0 aliphatic rings. The van der Waals surface area contributed by atoms with Crippen LogP contribution >= 0.6 is 0 Å². The minimum atomic E-state index is -4.53. The van der Waals surface area contributed by atoms with Crippen molar-refractivity contribution in [2.75, 3.05) is 5.43 Å². The Bertz CT molecular complexity index is 1150. The number of benzene rings is 2. The number of hydrogen-bond donors (Lipinski definition) is 1. The third-order valence-electron chi connectivity index (χ3n) is 4.36. The minimum Gasteiger partial charge on any atom is -0.273 e. The molecule has 1 N–H and O–H groups in total. The molecule has 0 unspecified atom stereocenters. The number of carbonyl (C=O) groups excluding carboxylic acids is 1. The van der Waals surface area contributed by atoms with E-state index in [2.05, 4.69) is 10.4 Å². The number of halogens is 4. The zero-order valence-electron chi connectivity index (χ0n) is 16.3. The molecule has 0 saturated heterocycles. The first-order valence-corrected chi connectivity index (χ1v) is 9.22. The highest BCUT2D eigenvalue weighted by Crippen LogP contribution is 2.29. The van der Waals surface area contributed by atoms with Gasteiger partial charge in [-0.1, -0.05) is 38.1 Å². The van der Waals surface area contributed by atoms with E-state index in [0.717, 1.165) is 22.9 Å². The molecule has 1 heterocycles. The summed E-state index contributed by atoms with van der Waals surface area (Å²) in [5.41, 5.74) is 0.995. The summed E-state index contributed by atoms with van der Waals surface area (Å²) >= 11 is 0. The molecule has 0 bridgehead atoms. The molecule has 3 rings (SSSR count). The lowest BCUT2D eigenvalue weighted by Gasteiger charge is -2.16. The zero-order valence-corrected chi connectivity index (χ0v) is 16.3. The van der Waals surface area contributed by atoms with Gasteiger partial charge in [0.2, 0.25) is 5.91 Å². The third-order valence-corrected chi connectivity index (χ3v) is 4.36. The lowest BCUT2D eigenvalue weighted by molar-refractivity contribution is -0.137. The highest BCUT2D eigenvalue weighted by Gasteiger charge is 2.30. The second kappa shape index (κ2) is 8.25. The fraction of sp³-hybridized carbons (Fsp3) is 0.286. The number of nitrogens with zero attached hydrogens (tertiary/aromatic N) is 2. The molecule has 0 aliphatic heterocycles. The van der Waals surface area contributed by atoms with Gasteiger partial charge in [0.15, 0.2) is 0 Å². The van der Waals surface area contributed by atoms with Crippen molar-refractivity contribution in [3.05, 3.63) is 75.6 Å². The molecule has 30 heavy (non-hydrogen) atoms. The van der Waals surface area contributed by atoms with Crippen molar-refractivity contribution < 1.29 is 22.4 Å². The zero-order chi connectivity index (χ0) is 22.1. The summed E-state index contributed by atoms with van der Waals surface area (Å²) in [4.78, 5) is 29.6. The first-order chi connectivity index (χ1) is 14.1. The smallest absolute Gasteiger partial charge is 0.273 e. The Balaban J connectivity index is 1.96. The standard InChI is InChI=1S/C21H19F4N3O2/c1-12(2)9-17-26-16-8-4-7-15(22)19(16)20(30)28(17)27-18(29)11-13-5-3-6-14(10-13)21(23,24)25/h3-8,10,12H,9,11H2,1-2H3,(H,27,29). The molecule has 1 amide bonds. The average Bonchev–Trinajstić information content (AvgIpc) is 2.64. The fourth-order valence-corrected chi connectivity index (χ4v) is 3.06. The average molecular weight is 421 g/mol. The van der Waals surface area contributed by atoms with Crippen LogP contribution in [0.15, 0.2) is 47.3 Å². The summed E-state index contributed by atoms with van der Waals surface area (Å²) in [5.74, 6) is -1.19. The molecule has 0 aliphatic carbocycles. The van der Waals surface area contributed by atoms with Crippen LogP contribution in [0.25, 0.3) is 10.9 Å². The molecular formula is C21H19F4N3O2. The third kappa shape index (κ3) is 4.67. The summed E-state index contributed by atoms with van der Waals surface area (Å²) in [6, 6.07) is 8.40.